The van der Waals surface area contributed by atoms with E-state index in [2.05, 4.69) is 4.98 Å². The molecular formula is C28H26N2O7. The molecule has 1 fully saturated rings. The molecule has 0 radical (unpaired) electrons. The molecule has 1 amide bonds. The fourth-order valence-electron chi connectivity index (χ4n) is 4.09. The Morgan fingerprint density at radius 3 is 2.41 bits per heavy atom. The zero-order chi connectivity index (χ0) is 26.5. The Balaban J connectivity index is 1.84. The van der Waals surface area contributed by atoms with Gasteiger partial charge in [0.2, 0.25) is 0 Å². The van der Waals surface area contributed by atoms with Crippen LogP contribution >= 0.6 is 0 Å². The third-order valence-electron chi connectivity index (χ3n) is 5.89. The summed E-state index contributed by atoms with van der Waals surface area (Å²) >= 11 is 0. The molecule has 0 bridgehead atoms. The van der Waals surface area contributed by atoms with Gasteiger partial charge in [-0.15, -0.1) is 0 Å². The van der Waals surface area contributed by atoms with Crippen LogP contribution in [0.15, 0.2) is 72.4 Å². The van der Waals surface area contributed by atoms with Gasteiger partial charge in [0.05, 0.1) is 43.2 Å². The van der Waals surface area contributed by atoms with Gasteiger partial charge >= 0.3 is 5.97 Å². The van der Waals surface area contributed by atoms with Gasteiger partial charge in [-0.05, 0) is 55.0 Å². The van der Waals surface area contributed by atoms with Crippen LogP contribution in [0.5, 0.6) is 11.5 Å². The standard InChI is InChI=1S/C28H26N2O7/c1-4-15-37-28(34)17-8-10-18(11-9-17)30-24(21-7-5-6-14-29-21)23(26(32)27(30)33)25(31)20-13-12-19(35-2)16-22(20)36-3/h5-14,16,24,31H,4,15H2,1-3H3/b25-23-. The van der Waals surface area contributed by atoms with Crippen LogP contribution in [0.25, 0.3) is 5.76 Å². The maximum atomic E-state index is 13.3. The molecule has 2 aromatic carbocycles. The number of carbonyl (C=O) groups is 3. The van der Waals surface area contributed by atoms with Crippen LogP contribution in [0.3, 0.4) is 0 Å². The smallest absolute Gasteiger partial charge is 0.338 e. The molecule has 1 atom stereocenters. The van der Waals surface area contributed by atoms with Crippen LogP contribution < -0.4 is 14.4 Å². The summed E-state index contributed by atoms with van der Waals surface area (Å²) in [6, 6.07) is 15.0. The zero-order valence-corrected chi connectivity index (χ0v) is 20.6. The highest BCUT2D eigenvalue weighted by Gasteiger charge is 2.47. The fraction of sp³-hybridized carbons (Fsp3) is 0.214. The van der Waals surface area contributed by atoms with E-state index in [0.29, 0.717) is 35.7 Å². The molecule has 9 nitrogen and oxygen atoms in total. The number of aromatic nitrogens is 1. The molecule has 1 saturated heterocycles. The van der Waals surface area contributed by atoms with Gasteiger partial charge in [-0.25, -0.2) is 4.79 Å². The summed E-state index contributed by atoms with van der Waals surface area (Å²) in [6.07, 6.45) is 2.23. The van der Waals surface area contributed by atoms with Crippen molar-refractivity contribution in [2.24, 2.45) is 0 Å². The molecule has 1 aliphatic rings. The number of anilines is 1. The number of pyridine rings is 1. The van der Waals surface area contributed by atoms with Crippen LogP contribution in [0.2, 0.25) is 0 Å². The number of nitrogens with zero attached hydrogens (tertiary/aromatic N) is 2. The maximum Gasteiger partial charge on any atom is 0.338 e. The van der Waals surface area contributed by atoms with Crippen molar-refractivity contribution >= 4 is 29.1 Å². The van der Waals surface area contributed by atoms with E-state index in [1.165, 1.54) is 37.4 Å². The number of esters is 1. The minimum absolute atomic E-state index is 0.140. The summed E-state index contributed by atoms with van der Waals surface area (Å²) in [4.78, 5) is 44.5. The SMILES string of the molecule is CCCOC(=O)c1ccc(N2C(=O)C(=O)/C(=C(\O)c3ccc(OC)cc3OC)C2c2ccccn2)cc1. The largest absolute Gasteiger partial charge is 0.507 e. The van der Waals surface area contributed by atoms with Gasteiger partial charge in [-0.3, -0.25) is 19.5 Å². The van der Waals surface area contributed by atoms with Crippen molar-refractivity contribution in [2.45, 2.75) is 19.4 Å². The van der Waals surface area contributed by atoms with Crippen LogP contribution in [-0.2, 0) is 14.3 Å². The molecule has 0 aliphatic carbocycles. The van der Waals surface area contributed by atoms with Gasteiger partial charge in [0.1, 0.15) is 23.3 Å². The topological polar surface area (TPSA) is 115 Å². The number of ether oxygens (including phenoxy) is 3. The molecule has 9 heteroatoms. The quantitative estimate of drug-likeness (QED) is 0.210. The van der Waals surface area contributed by atoms with Gasteiger partial charge in [0.25, 0.3) is 11.7 Å². The first-order valence-electron chi connectivity index (χ1n) is 11.6. The minimum Gasteiger partial charge on any atom is -0.507 e. The first-order chi connectivity index (χ1) is 17.9. The Morgan fingerprint density at radius 2 is 1.78 bits per heavy atom. The summed E-state index contributed by atoms with van der Waals surface area (Å²) in [5.41, 5.74) is 1.12. The molecule has 1 N–H and O–H groups in total. The first kappa shape index (κ1) is 25.4. The lowest BCUT2D eigenvalue weighted by molar-refractivity contribution is -0.132. The van der Waals surface area contributed by atoms with Crippen molar-refractivity contribution in [1.29, 1.82) is 0 Å². The summed E-state index contributed by atoms with van der Waals surface area (Å²) in [5.74, 6) is -1.85. The van der Waals surface area contributed by atoms with Crippen molar-refractivity contribution in [2.75, 3.05) is 25.7 Å². The molecule has 37 heavy (non-hydrogen) atoms. The number of aliphatic hydroxyl groups excluding tert-OH is 1. The normalized spacial score (nSPS) is 16.5. The van der Waals surface area contributed by atoms with E-state index in [1.54, 1.807) is 48.5 Å². The van der Waals surface area contributed by atoms with E-state index < -0.39 is 29.5 Å². The highest BCUT2D eigenvalue weighted by molar-refractivity contribution is 6.51. The number of Topliss-reactive ketones (excluding diaryl/α,β-unsaturated/α-hetero) is 1. The third-order valence-corrected chi connectivity index (χ3v) is 5.89. The number of hydrogen-bond acceptors (Lipinski definition) is 8. The molecular weight excluding hydrogens is 476 g/mol. The van der Waals surface area contributed by atoms with Crippen LogP contribution in [0.1, 0.15) is 41.0 Å². The van der Waals surface area contributed by atoms with Crippen LogP contribution in [0, 0.1) is 0 Å². The average molecular weight is 503 g/mol. The van der Waals surface area contributed by atoms with Crippen molar-refractivity contribution in [3.8, 4) is 11.5 Å². The van der Waals surface area contributed by atoms with Gasteiger partial charge in [0.15, 0.2) is 0 Å². The first-order valence-corrected chi connectivity index (χ1v) is 11.6. The monoisotopic (exact) mass is 502 g/mol. The Bertz CT molecular complexity index is 1350. The minimum atomic E-state index is -1.02. The number of rotatable bonds is 8. The lowest BCUT2D eigenvalue weighted by Gasteiger charge is -2.25. The summed E-state index contributed by atoms with van der Waals surface area (Å²) in [5, 5.41) is 11.3. The maximum absolute atomic E-state index is 13.3. The number of hydrogen-bond donors (Lipinski definition) is 1. The molecule has 1 aromatic heterocycles. The number of benzene rings is 2. The van der Waals surface area contributed by atoms with E-state index in [-0.39, 0.29) is 16.9 Å². The third kappa shape index (κ3) is 4.88. The lowest BCUT2D eigenvalue weighted by Crippen LogP contribution is -2.29. The van der Waals surface area contributed by atoms with E-state index in [0.717, 1.165) is 0 Å². The summed E-state index contributed by atoms with van der Waals surface area (Å²) in [7, 11) is 2.92. The van der Waals surface area contributed by atoms with Gasteiger partial charge in [-0.1, -0.05) is 13.0 Å². The molecule has 1 unspecified atom stereocenters. The highest BCUT2D eigenvalue weighted by Crippen LogP contribution is 2.43. The van der Waals surface area contributed by atoms with E-state index in [1.807, 2.05) is 6.92 Å². The number of amides is 1. The molecule has 4 rings (SSSR count). The van der Waals surface area contributed by atoms with E-state index in [9.17, 15) is 19.5 Å². The van der Waals surface area contributed by atoms with Gasteiger partial charge in [0, 0.05) is 18.0 Å². The second-order valence-corrected chi connectivity index (χ2v) is 8.17. The van der Waals surface area contributed by atoms with Crippen molar-refractivity contribution in [3.63, 3.8) is 0 Å². The number of carbonyl (C=O) groups excluding carboxylic acids is 3. The van der Waals surface area contributed by atoms with Gasteiger partial charge in [-0.2, -0.15) is 0 Å². The number of ketones is 1. The molecule has 190 valence electrons. The average Bonchev–Trinajstić information content (AvgIpc) is 3.21. The predicted molar refractivity (Wildman–Crippen MR) is 136 cm³/mol. The summed E-state index contributed by atoms with van der Waals surface area (Å²) < 4.78 is 15.8. The van der Waals surface area contributed by atoms with E-state index in [4.69, 9.17) is 14.2 Å². The van der Waals surface area contributed by atoms with Crippen LogP contribution in [-0.4, -0.2) is 48.6 Å². The van der Waals surface area contributed by atoms with E-state index >= 15 is 0 Å². The Labute approximate surface area is 213 Å². The Hall–Kier alpha value is -4.66. The fourth-order valence-corrected chi connectivity index (χ4v) is 4.09. The Morgan fingerprint density at radius 1 is 1.03 bits per heavy atom. The summed E-state index contributed by atoms with van der Waals surface area (Å²) in [6.45, 7) is 2.19. The second kappa shape index (κ2) is 10.9. The van der Waals surface area contributed by atoms with Crippen molar-refractivity contribution in [1.82, 2.24) is 4.98 Å². The van der Waals surface area contributed by atoms with Gasteiger partial charge < -0.3 is 19.3 Å². The lowest BCUT2D eigenvalue weighted by atomic mass is 9.97. The second-order valence-electron chi connectivity index (χ2n) is 8.17. The number of aliphatic hydroxyl groups is 1. The van der Waals surface area contributed by atoms with Crippen LogP contribution in [0.4, 0.5) is 5.69 Å². The highest BCUT2D eigenvalue weighted by atomic mass is 16.5. The molecule has 0 saturated carbocycles. The van der Waals surface area contributed by atoms with Crippen molar-refractivity contribution < 1.29 is 33.7 Å². The molecule has 3 aromatic rings. The van der Waals surface area contributed by atoms with Crippen molar-refractivity contribution in [3.05, 3.63) is 89.3 Å². The molecule has 2 heterocycles. The number of methoxy groups -OCH3 is 2. The Kier molecular flexibility index (Phi) is 7.52. The molecule has 0 spiro atoms. The predicted octanol–water partition coefficient (Wildman–Crippen LogP) is 4.29. The zero-order valence-electron chi connectivity index (χ0n) is 20.6. The molecule has 1 aliphatic heterocycles.